The standard InChI is InChI=1S/C19H16ClN5/c1-25-7-6-14-15(8-21)18(24)19(10-22,11-23)17(16(14)9-25)12-2-4-13(20)5-3-12/h2-6,15-17,24H,7,9H2,1H3/p+1/t15?,16-,17+/m1/s1. The van der Waals surface area contributed by atoms with Gasteiger partial charge in [-0.15, -0.1) is 0 Å². The molecule has 0 aromatic heterocycles. The van der Waals surface area contributed by atoms with E-state index in [0.29, 0.717) is 5.02 Å². The van der Waals surface area contributed by atoms with Crippen molar-refractivity contribution in [3.05, 3.63) is 46.5 Å². The second-order valence-electron chi connectivity index (χ2n) is 6.71. The Balaban J connectivity index is 2.25. The normalized spacial score (nSPS) is 30.2. The third-order valence-electron chi connectivity index (χ3n) is 5.31. The van der Waals surface area contributed by atoms with Gasteiger partial charge in [-0.1, -0.05) is 23.7 Å². The van der Waals surface area contributed by atoms with Crippen molar-refractivity contribution in [2.45, 2.75) is 5.92 Å². The van der Waals surface area contributed by atoms with Gasteiger partial charge in [-0.25, -0.2) is 0 Å². The van der Waals surface area contributed by atoms with E-state index < -0.39 is 17.3 Å². The van der Waals surface area contributed by atoms with Crippen molar-refractivity contribution < 1.29 is 4.90 Å². The van der Waals surface area contributed by atoms with E-state index in [4.69, 9.17) is 17.0 Å². The van der Waals surface area contributed by atoms with Crippen LogP contribution in [0.4, 0.5) is 0 Å². The molecular formula is C19H17ClN5+. The van der Waals surface area contributed by atoms with E-state index in [-0.39, 0.29) is 11.6 Å². The highest BCUT2D eigenvalue weighted by molar-refractivity contribution is 6.30. The lowest BCUT2D eigenvalue weighted by atomic mass is 9.54. The first-order valence-electron chi connectivity index (χ1n) is 8.06. The highest BCUT2D eigenvalue weighted by Gasteiger charge is 2.58. The molecule has 4 atom stereocenters. The third-order valence-corrected chi connectivity index (χ3v) is 5.56. The number of likely N-dealkylation sites (N-methyl/N-ethyl adjacent to an activating group) is 1. The Bertz CT molecular complexity index is 851. The summed E-state index contributed by atoms with van der Waals surface area (Å²) in [6.45, 7) is 1.49. The fourth-order valence-electron chi connectivity index (χ4n) is 4.10. The minimum absolute atomic E-state index is 0.109. The van der Waals surface area contributed by atoms with Crippen molar-refractivity contribution in [1.82, 2.24) is 0 Å². The maximum atomic E-state index is 9.89. The fraction of sp³-hybridized carbons (Fsp3) is 0.368. The lowest BCUT2D eigenvalue weighted by Gasteiger charge is -2.46. The van der Waals surface area contributed by atoms with Crippen LogP contribution in [-0.2, 0) is 0 Å². The van der Waals surface area contributed by atoms with Crippen LogP contribution in [0, 0.1) is 56.7 Å². The summed E-state index contributed by atoms with van der Waals surface area (Å²) in [6, 6.07) is 13.4. The molecule has 0 amide bonds. The number of hydrogen-bond acceptors (Lipinski definition) is 4. The van der Waals surface area contributed by atoms with Crippen molar-refractivity contribution in [2.24, 2.45) is 17.3 Å². The van der Waals surface area contributed by atoms with Crippen LogP contribution in [0.1, 0.15) is 11.5 Å². The molecule has 124 valence electrons. The number of halogens is 1. The van der Waals surface area contributed by atoms with Crippen molar-refractivity contribution in [1.29, 1.82) is 21.2 Å². The second-order valence-corrected chi connectivity index (χ2v) is 7.15. The first-order chi connectivity index (χ1) is 12.0. The third kappa shape index (κ3) is 2.52. The smallest absolute Gasteiger partial charge is 0.189 e. The fourth-order valence-corrected chi connectivity index (χ4v) is 4.23. The molecule has 1 heterocycles. The number of rotatable bonds is 1. The second kappa shape index (κ2) is 6.34. The van der Waals surface area contributed by atoms with Crippen LogP contribution in [0.3, 0.4) is 0 Å². The maximum Gasteiger partial charge on any atom is 0.189 e. The van der Waals surface area contributed by atoms with Crippen LogP contribution in [0.25, 0.3) is 0 Å². The number of nitrogens with zero attached hydrogens (tertiary/aromatic N) is 3. The molecule has 0 radical (unpaired) electrons. The van der Waals surface area contributed by atoms with Gasteiger partial charge in [0.1, 0.15) is 5.92 Å². The summed E-state index contributed by atoms with van der Waals surface area (Å²) in [5, 5.41) is 38.5. The molecule has 1 aliphatic heterocycles. The van der Waals surface area contributed by atoms with Crippen LogP contribution in [0.15, 0.2) is 35.9 Å². The van der Waals surface area contributed by atoms with Gasteiger partial charge < -0.3 is 10.3 Å². The number of benzene rings is 1. The number of quaternary nitrogens is 1. The van der Waals surface area contributed by atoms with E-state index in [2.05, 4.69) is 18.2 Å². The minimum Gasteiger partial charge on any atom is -0.334 e. The number of nitriles is 3. The average Bonchev–Trinajstić information content (AvgIpc) is 2.62. The van der Waals surface area contributed by atoms with Crippen molar-refractivity contribution >= 4 is 17.3 Å². The minimum atomic E-state index is -1.64. The average molecular weight is 351 g/mol. The monoisotopic (exact) mass is 350 g/mol. The molecular weight excluding hydrogens is 334 g/mol. The quantitative estimate of drug-likeness (QED) is 0.754. The molecule has 0 spiro atoms. The lowest BCUT2D eigenvalue weighted by molar-refractivity contribution is -0.878. The summed E-state index contributed by atoms with van der Waals surface area (Å²) in [5.41, 5.74) is -0.0752. The van der Waals surface area contributed by atoms with E-state index >= 15 is 0 Å². The first kappa shape index (κ1) is 17.2. The summed E-state index contributed by atoms with van der Waals surface area (Å²) in [5.74, 6) is -1.42. The van der Waals surface area contributed by atoms with Crippen LogP contribution < -0.4 is 4.90 Å². The van der Waals surface area contributed by atoms with Crippen molar-refractivity contribution in [3.63, 3.8) is 0 Å². The van der Waals surface area contributed by atoms with Crippen LogP contribution in [0.5, 0.6) is 0 Å². The molecule has 1 aromatic carbocycles. The highest BCUT2D eigenvalue weighted by Crippen LogP contribution is 2.52. The maximum absolute atomic E-state index is 9.89. The topological polar surface area (TPSA) is 99.7 Å². The number of hydrogen-bond donors (Lipinski definition) is 2. The lowest BCUT2D eigenvalue weighted by Crippen LogP contribution is -3.10. The predicted molar refractivity (Wildman–Crippen MR) is 92.9 cm³/mol. The van der Waals surface area contributed by atoms with Crippen LogP contribution in [0.2, 0.25) is 5.02 Å². The Morgan fingerprint density at radius 3 is 2.40 bits per heavy atom. The molecule has 1 fully saturated rings. The molecule has 1 aromatic rings. The van der Waals surface area contributed by atoms with Crippen molar-refractivity contribution in [2.75, 3.05) is 20.1 Å². The Morgan fingerprint density at radius 2 is 1.84 bits per heavy atom. The van der Waals surface area contributed by atoms with Gasteiger partial charge in [-0.05, 0) is 29.3 Å². The van der Waals surface area contributed by atoms with Crippen LogP contribution in [-0.4, -0.2) is 25.8 Å². The summed E-state index contributed by atoms with van der Waals surface area (Å²) in [4.78, 5) is 1.25. The summed E-state index contributed by atoms with van der Waals surface area (Å²) in [7, 11) is 2.05. The zero-order valence-electron chi connectivity index (χ0n) is 13.8. The molecule has 1 saturated carbocycles. The van der Waals surface area contributed by atoms with Crippen LogP contribution >= 0.6 is 11.6 Å². The van der Waals surface area contributed by atoms with E-state index in [0.717, 1.165) is 24.2 Å². The predicted octanol–water partition coefficient (Wildman–Crippen LogP) is 1.70. The van der Waals surface area contributed by atoms with E-state index in [1.165, 1.54) is 4.90 Å². The Labute approximate surface area is 151 Å². The van der Waals surface area contributed by atoms with Gasteiger partial charge in [0, 0.05) is 16.9 Å². The zero-order valence-corrected chi connectivity index (χ0v) is 14.5. The zero-order chi connectivity index (χ0) is 18.2. The van der Waals surface area contributed by atoms with Gasteiger partial charge >= 0.3 is 0 Å². The molecule has 6 heteroatoms. The SMILES string of the molecule is C[NH+]1CC=C2C(C#N)C(=N)C(C#N)(C#N)[C@@H](c3ccc(Cl)cc3)[C@@H]2C1. The summed E-state index contributed by atoms with van der Waals surface area (Å²) in [6.07, 6.45) is 2.01. The Morgan fingerprint density at radius 1 is 1.20 bits per heavy atom. The van der Waals surface area contributed by atoms with Gasteiger partial charge in [0.05, 0.1) is 44.1 Å². The molecule has 2 aliphatic rings. The van der Waals surface area contributed by atoms with E-state index in [1.807, 2.05) is 25.3 Å². The first-order valence-corrected chi connectivity index (χ1v) is 8.44. The molecule has 2 N–H and O–H groups in total. The molecule has 5 nitrogen and oxygen atoms in total. The van der Waals surface area contributed by atoms with Gasteiger partial charge in [-0.3, -0.25) is 0 Å². The molecule has 0 bridgehead atoms. The molecule has 25 heavy (non-hydrogen) atoms. The number of fused-ring (bicyclic) bond motifs is 1. The highest BCUT2D eigenvalue weighted by atomic mass is 35.5. The molecule has 2 unspecified atom stereocenters. The van der Waals surface area contributed by atoms with Crippen molar-refractivity contribution in [3.8, 4) is 18.2 Å². The van der Waals surface area contributed by atoms with Gasteiger partial charge in [0.15, 0.2) is 5.41 Å². The van der Waals surface area contributed by atoms with Gasteiger partial charge in [0.2, 0.25) is 0 Å². The largest absolute Gasteiger partial charge is 0.334 e. The van der Waals surface area contributed by atoms with Gasteiger partial charge in [-0.2, -0.15) is 15.8 Å². The Kier molecular flexibility index (Phi) is 4.36. The van der Waals surface area contributed by atoms with E-state index in [1.54, 1.807) is 12.1 Å². The number of nitrogens with one attached hydrogen (secondary N) is 2. The van der Waals surface area contributed by atoms with Gasteiger partial charge in [0.25, 0.3) is 0 Å². The molecule has 3 rings (SSSR count). The summed E-state index contributed by atoms with van der Waals surface area (Å²) >= 11 is 5.99. The summed E-state index contributed by atoms with van der Waals surface area (Å²) < 4.78 is 0. The molecule has 1 aliphatic carbocycles. The molecule has 0 saturated heterocycles. The van der Waals surface area contributed by atoms with E-state index in [9.17, 15) is 15.8 Å². The Hall–Kier alpha value is -2.65.